The third kappa shape index (κ3) is 22.4. The molecule has 1 aliphatic heterocycles. The lowest BCUT2D eigenvalue weighted by Gasteiger charge is -2.23. The molecule has 1 saturated heterocycles. The molecule has 2 atom stereocenters. The number of amides is 2. The maximum atomic E-state index is 11.4. The van der Waals surface area contributed by atoms with Crippen LogP contribution in [0.2, 0.25) is 0 Å². The largest absolute Gasteiger partial charge is 0.508 e. The average molecular weight is 540 g/mol. The summed E-state index contributed by atoms with van der Waals surface area (Å²) in [6, 6.07) is 8.71. The summed E-state index contributed by atoms with van der Waals surface area (Å²) in [5.74, 6) is 0.270. The number of alkyl carbamates (subject to hydrolysis) is 2. The van der Waals surface area contributed by atoms with Crippen LogP contribution in [0, 0.1) is 0 Å². The van der Waals surface area contributed by atoms with Gasteiger partial charge >= 0.3 is 18.2 Å². The molecule has 1 aromatic rings. The van der Waals surface area contributed by atoms with Gasteiger partial charge < -0.3 is 24.1 Å². The van der Waals surface area contributed by atoms with E-state index in [9.17, 15) is 14.4 Å². The maximum absolute atomic E-state index is 11.4. The van der Waals surface area contributed by atoms with Gasteiger partial charge in [-0.2, -0.15) is 0 Å². The van der Waals surface area contributed by atoms with Crippen LogP contribution in [0.3, 0.4) is 0 Å². The number of hydrogen-bond acceptors (Lipinski definition) is 8. The molecule has 2 amide bonds. The predicted molar refractivity (Wildman–Crippen MR) is 147 cm³/mol. The summed E-state index contributed by atoms with van der Waals surface area (Å²) in [5.41, 5.74) is -1.27. The molecule has 2 rings (SSSR count). The Morgan fingerprint density at radius 2 is 1.53 bits per heavy atom. The fourth-order valence-corrected chi connectivity index (χ4v) is 3.19. The van der Waals surface area contributed by atoms with Gasteiger partial charge in [-0.1, -0.05) is 38.0 Å². The first-order chi connectivity index (χ1) is 17.6. The summed E-state index contributed by atoms with van der Waals surface area (Å²) in [6.45, 7) is 15.1. The van der Waals surface area contributed by atoms with Gasteiger partial charge in [0.15, 0.2) is 0 Å². The number of nitrogens with one attached hydrogen (secondary N) is 1. The Kier molecular flexibility index (Phi) is 17.1. The molecule has 38 heavy (non-hydrogen) atoms. The molecule has 0 aromatic heterocycles. The maximum Gasteiger partial charge on any atom is 0.417 e. The third-order valence-corrected chi connectivity index (χ3v) is 4.65. The van der Waals surface area contributed by atoms with Gasteiger partial charge in [0.25, 0.3) is 0 Å². The van der Waals surface area contributed by atoms with E-state index in [2.05, 4.69) is 6.92 Å². The summed E-state index contributed by atoms with van der Waals surface area (Å²) in [6.07, 6.45) is 5.42. The van der Waals surface area contributed by atoms with Crippen LogP contribution in [-0.2, 0) is 23.7 Å². The zero-order chi connectivity index (χ0) is 29.2. The number of carbonyl (C=O) groups is 3. The van der Waals surface area contributed by atoms with Crippen LogP contribution in [0.1, 0.15) is 100 Å². The number of phenolic OH excluding ortho intramolecular Hbond substituents is 1. The SMILES string of the molecule is CC(C)(C)OC(=O)NC(=O)OC(C)(C)C.CCCOC1CCCCCC(=O)OC(C)C1.Oc1ccccc1. The van der Waals surface area contributed by atoms with E-state index < -0.39 is 23.4 Å². The minimum Gasteiger partial charge on any atom is -0.508 e. The minimum absolute atomic E-state index is 0.00699. The fraction of sp³-hybridized carbons (Fsp3) is 0.690. The second-order valence-corrected chi connectivity index (χ2v) is 11.1. The lowest BCUT2D eigenvalue weighted by atomic mass is 10.0. The molecule has 1 fully saturated rings. The molecule has 2 N–H and O–H groups in total. The van der Waals surface area contributed by atoms with Gasteiger partial charge in [0.1, 0.15) is 23.1 Å². The highest BCUT2D eigenvalue weighted by molar-refractivity contribution is 5.87. The Labute approximate surface area is 228 Å². The first-order valence-corrected chi connectivity index (χ1v) is 13.4. The topological polar surface area (TPSA) is 120 Å². The van der Waals surface area contributed by atoms with E-state index in [1.165, 1.54) is 0 Å². The van der Waals surface area contributed by atoms with Gasteiger partial charge in [-0.3, -0.25) is 4.79 Å². The molecule has 0 radical (unpaired) electrons. The van der Waals surface area contributed by atoms with E-state index in [1.807, 2.05) is 18.3 Å². The van der Waals surface area contributed by atoms with Crippen LogP contribution >= 0.6 is 0 Å². The number of imide groups is 1. The van der Waals surface area contributed by atoms with Crippen LogP contribution in [0.4, 0.5) is 9.59 Å². The molecule has 0 spiro atoms. The van der Waals surface area contributed by atoms with Crippen molar-refractivity contribution in [2.24, 2.45) is 0 Å². The third-order valence-electron chi connectivity index (χ3n) is 4.65. The summed E-state index contributed by atoms with van der Waals surface area (Å²) in [7, 11) is 0. The zero-order valence-electron chi connectivity index (χ0n) is 24.5. The van der Waals surface area contributed by atoms with Crippen molar-refractivity contribution >= 4 is 18.2 Å². The van der Waals surface area contributed by atoms with Gasteiger partial charge in [0, 0.05) is 19.4 Å². The molecular weight excluding hydrogens is 490 g/mol. The number of rotatable bonds is 3. The standard InChI is InChI=1S/C13H24O3.C10H19NO4.C6H6O/c1-3-9-15-12-7-5-4-6-8-13(14)16-11(2)10-12;1-9(2,3)14-7(12)11-8(13)15-10(4,5)6;7-6-4-2-1-3-5-6/h11-12H,3-10H2,1-2H3;1-6H3,(H,11,12,13);1-5,7H. The normalized spacial score (nSPS) is 18.3. The number of esters is 1. The average Bonchev–Trinajstić information content (AvgIpc) is 2.75. The van der Waals surface area contributed by atoms with E-state index in [4.69, 9.17) is 24.1 Å². The Morgan fingerprint density at radius 3 is 1.97 bits per heavy atom. The zero-order valence-corrected chi connectivity index (χ0v) is 24.5. The number of aromatic hydroxyl groups is 1. The molecule has 0 saturated carbocycles. The Morgan fingerprint density at radius 1 is 0.974 bits per heavy atom. The molecule has 1 heterocycles. The van der Waals surface area contributed by atoms with Crippen LogP contribution < -0.4 is 5.32 Å². The van der Waals surface area contributed by atoms with Gasteiger partial charge in [-0.15, -0.1) is 0 Å². The van der Waals surface area contributed by atoms with Crippen molar-refractivity contribution in [3.8, 4) is 5.75 Å². The number of carbonyl (C=O) groups excluding carboxylic acids is 3. The summed E-state index contributed by atoms with van der Waals surface area (Å²) in [5, 5.41) is 10.6. The van der Waals surface area contributed by atoms with Crippen molar-refractivity contribution in [2.75, 3.05) is 6.61 Å². The van der Waals surface area contributed by atoms with Crippen molar-refractivity contribution in [3.63, 3.8) is 0 Å². The van der Waals surface area contributed by atoms with Crippen molar-refractivity contribution in [2.45, 2.75) is 124 Å². The first-order valence-electron chi connectivity index (χ1n) is 13.4. The van der Waals surface area contributed by atoms with Crippen LogP contribution in [0.5, 0.6) is 5.75 Å². The summed E-state index contributed by atoms with van der Waals surface area (Å²) in [4.78, 5) is 33.6. The van der Waals surface area contributed by atoms with Crippen LogP contribution in [0.25, 0.3) is 0 Å². The second-order valence-electron chi connectivity index (χ2n) is 11.1. The highest BCUT2D eigenvalue weighted by Crippen LogP contribution is 2.18. The van der Waals surface area contributed by atoms with Crippen molar-refractivity contribution in [1.29, 1.82) is 0 Å². The number of phenols is 1. The van der Waals surface area contributed by atoms with Gasteiger partial charge in [-0.05, 0) is 79.9 Å². The Bertz CT molecular complexity index is 773. The first kappa shape index (κ1) is 35.2. The highest BCUT2D eigenvalue weighted by Gasteiger charge is 2.22. The second kappa shape index (κ2) is 18.4. The number of benzene rings is 1. The molecule has 0 bridgehead atoms. The van der Waals surface area contributed by atoms with Gasteiger partial charge in [0.05, 0.1) is 6.10 Å². The van der Waals surface area contributed by atoms with E-state index in [1.54, 1.807) is 65.8 Å². The molecule has 9 nitrogen and oxygen atoms in total. The van der Waals surface area contributed by atoms with Crippen molar-refractivity contribution < 1.29 is 38.4 Å². The predicted octanol–water partition coefficient (Wildman–Crippen LogP) is 6.91. The van der Waals surface area contributed by atoms with Crippen LogP contribution in [-0.4, -0.2) is 53.3 Å². The number of para-hydroxylation sites is 1. The monoisotopic (exact) mass is 539 g/mol. The molecule has 9 heteroatoms. The number of cyclic esters (lactones) is 1. The molecule has 1 aromatic carbocycles. The summed E-state index contributed by atoms with van der Waals surface area (Å²) < 4.78 is 20.8. The number of ether oxygens (including phenoxy) is 4. The van der Waals surface area contributed by atoms with Crippen LogP contribution in [0.15, 0.2) is 30.3 Å². The Balaban J connectivity index is 0.000000578. The van der Waals surface area contributed by atoms with E-state index >= 15 is 0 Å². The van der Waals surface area contributed by atoms with Gasteiger partial charge in [0.2, 0.25) is 0 Å². The smallest absolute Gasteiger partial charge is 0.417 e. The lowest BCUT2D eigenvalue weighted by molar-refractivity contribution is -0.150. The highest BCUT2D eigenvalue weighted by atomic mass is 16.6. The van der Waals surface area contributed by atoms with E-state index in [0.29, 0.717) is 12.2 Å². The Hall–Kier alpha value is -2.81. The minimum atomic E-state index is -0.809. The quantitative estimate of drug-likeness (QED) is 0.314. The van der Waals surface area contributed by atoms with Crippen molar-refractivity contribution in [3.05, 3.63) is 30.3 Å². The molecule has 218 valence electrons. The molecule has 0 aliphatic carbocycles. The lowest BCUT2D eigenvalue weighted by Crippen LogP contribution is -2.39. The van der Waals surface area contributed by atoms with Crippen molar-refractivity contribution in [1.82, 2.24) is 5.32 Å². The van der Waals surface area contributed by atoms with E-state index in [-0.39, 0.29) is 18.2 Å². The molecular formula is C29H49NO8. The van der Waals surface area contributed by atoms with E-state index in [0.717, 1.165) is 45.1 Å². The molecule has 1 aliphatic rings. The summed E-state index contributed by atoms with van der Waals surface area (Å²) >= 11 is 0. The fourth-order valence-electron chi connectivity index (χ4n) is 3.19. The number of hydrogen-bond donors (Lipinski definition) is 2. The van der Waals surface area contributed by atoms with Gasteiger partial charge in [-0.25, -0.2) is 14.9 Å². The molecule has 2 unspecified atom stereocenters.